The second kappa shape index (κ2) is 5.36. The monoisotopic (exact) mass is 290 g/mol. The molecule has 0 aliphatic carbocycles. The number of hydrogen-bond donors (Lipinski definition) is 2. The van der Waals surface area contributed by atoms with E-state index in [1.165, 1.54) is 6.07 Å². The summed E-state index contributed by atoms with van der Waals surface area (Å²) in [5, 5.41) is 3.08. The number of anilines is 1. The van der Waals surface area contributed by atoms with Gasteiger partial charge in [-0.25, -0.2) is 0 Å². The SMILES string of the molecule is CC(C)(C)CNc1ccc(C(F)(F)F)cc1C(N)=S. The van der Waals surface area contributed by atoms with E-state index in [2.05, 4.69) is 5.32 Å². The van der Waals surface area contributed by atoms with Gasteiger partial charge in [0.1, 0.15) is 4.99 Å². The minimum Gasteiger partial charge on any atom is -0.389 e. The summed E-state index contributed by atoms with van der Waals surface area (Å²) in [6.45, 7) is 6.66. The lowest BCUT2D eigenvalue weighted by atomic mass is 9.96. The molecule has 0 saturated carbocycles. The van der Waals surface area contributed by atoms with Gasteiger partial charge in [-0.05, 0) is 23.6 Å². The van der Waals surface area contributed by atoms with E-state index in [1.54, 1.807) is 0 Å². The van der Waals surface area contributed by atoms with Crippen molar-refractivity contribution in [2.45, 2.75) is 26.9 Å². The largest absolute Gasteiger partial charge is 0.416 e. The Morgan fingerprint density at radius 1 is 1.26 bits per heavy atom. The van der Waals surface area contributed by atoms with Gasteiger partial charge < -0.3 is 11.1 Å². The van der Waals surface area contributed by atoms with Crippen LogP contribution in [0.1, 0.15) is 31.9 Å². The third kappa shape index (κ3) is 4.70. The van der Waals surface area contributed by atoms with E-state index in [1.807, 2.05) is 20.8 Å². The molecule has 0 aliphatic rings. The Morgan fingerprint density at radius 2 is 1.84 bits per heavy atom. The quantitative estimate of drug-likeness (QED) is 0.832. The predicted molar refractivity (Wildman–Crippen MR) is 75.3 cm³/mol. The zero-order valence-electron chi connectivity index (χ0n) is 11.1. The molecule has 1 aromatic rings. The summed E-state index contributed by atoms with van der Waals surface area (Å²) in [6.07, 6.45) is -4.40. The van der Waals surface area contributed by atoms with Crippen LogP contribution in [0.2, 0.25) is 0 Å². The van der Waals surface area contributed by atoms with Crippen molar-refractivity contribution in [3.05, 3.63) is 29.3 Å². The van der Waals surface area contributed by atoms with E-state index in [9.17, 15) is 13.2 Å². The van der Waals surface area contributed by atoms with Crippen LogP contribution in [0.3, 0.4) is 0 Å². The molecule has 19 heavy (non-hydrogen) atoms. The fraction of sp³-hybridized carbons (Fsp3) is 0.462. The van der Waals surface area contributed by atoms with Crippen LogP contribution >= 0.6 is 12.2 Å². The van der Waals surface area contributed by atoms with Crippen LogP contribution < -0.4 is 11.1 Å². The number of alkyl halides is 3. The highest BCUT2D eigenvalue weighted by atomic mass is 32.1. The van der Waals surface area contributed by atoms with E-state index >= 15 is 0 Å². The van der Waals surface area contributed by atoms with Crippen LogP contribution in [0.5, 0.6) is 0 Å². The Kier molecular flexibility index (Phi) is 4.45. The first-order chi connectivity index (χ1) is 8.50. The number of nitrogens with two attached hydrogens (primary N) is 1. The highest BCUT2D eigenvalue weighted by molar-refractivity contribution is 7.80. The molecule has 0 unspecified atom stereocenters. The number of hydrogen-bond acceptors (Lipinski definition) is 2. The maximum Gasteiger partial charge on any atom is 0.416 e. The molecule has 0 spiro atoms. The Labute approximate surface area is 116 Å². The molecule has 0 radical (unpaired) electrons. The molecule has 0 saturated heterocycles. The average molecular weight is 290 g/mol. The molecule has 0 aromatic heterocycles. The Morgan fingerprint density at radius 3 is 2.26 bits per heavy atom. The molecule has 106 valence electrons. The van der Waals surface area contributed by atoms with Crippen LogP contribution in [0, 0.1) is 5.41 Å². The van der Waals surface area contributed by atoms with Crippen molar-refractivity contribution in [1.82, 2.24) is 0 Å². The maximum absolute atomic E-state index is 12.6. The van der Waals surface area contributed by atoms with E-state index in [4.69, 9.17) is 18.0 Å². The summed E-state index contributed by atoms with van der Waals surface area (Å²) < 4.78 is 37.9. The van der Waals surface area contributed by atoms with Gasteiger partial charge in [-0.15, -0.1) is 0 Å². The van der Waals surface area contributed by atoms with Gasteiger partial charge in [-0.2, -0.15) is 13.2 Å². The molecule has 0 bridgehead atoms. The Hall–Kier alpha value is -1.30. The minimum atomic E-state index is -4.40. The fourth-order valence-corrected chi connectivity index (χ4v) is 1.61. The third-order valence-corrected chi connectivity index (χ3v) is 2.64. The molecule has 1 rings (SSSR count). The van der Waals surface area contributed by atoms with E-state index in [0.29, 0.717) is 12.2 Å². The smallest absolute Gasteiger partial charge is 0.389 e. The molecule has 0 aliphatic heterocycles. The highest BCUT2D eigenvalue weighted by Gasteiger charge is 2.31. The van der Waals surface area contributed by atoms with Gasteiger partial charge in [0.05, 0.1) is 5.56 Å². The van der Waals surface area contributed by atoms with Crippen molar-refractivity contribution in [2.24, 2.45) is 11.1 Å². The first-order valence-corrected chi connectivity index (χ1v) is 6.16. The molecular formula is C13H17F3N2S. The van der Waals surface area contributed by atoms with Gasteiger partial charge in [0, 0.05) is 17.8 Å². The summed E-state index contributed by atoms with van der Waals surface area (Å²) in [5.41, 5.74) is 5.47. The Bertz CT molecular complexity index is 476. The van der Waals surface area contributed by atoms with E-state index in [-0.39, 0.29) is 16.0 Å². The lowest BCUT2D eigenvalue weighted by molar-refractivity contribution is -0.137. The Balaban J connectivity index is 3.09. The van der Waals surface area contributed by atoms with Gasteiger partial charge in [-0.3, -0.25) is 0 Å². The molecule has 0 amide bonds. The lowest BCUT2D eigenvalue weighted by Crippen LogP contribution is -2.22. The number of halogens is 3. The van der Waals surface area contributed by atoms with Crippen LogP contribution in [-0.4, -0.2) is 11.5 Å². The molecule has 6 heteroatoms. The van der Waals surface area contributed by atoms with Crippen LogP contribution in [0.25, 0.3) is 0 Å². The molecule has 2 nitrogen and oxygen atoms in total. The molecule has 0 atom stereocenters. The lowest BCUT2D eigenvalue weighted by Gasteiger charge is -2.21. The van der Waals surface area contributed by atoms with Crippen LogP contribution in [0.4, 0.5) is 18.9 Å². The number of benzene rings is 1. The number of thiocarbonyl (C=S) groups is 1. The summed E-state index contributed by atoms with van der Waals surface area (Å²) in [6, 6.07) is 3.36. The summed E-state index contributed by atoms with van der Waals surface area (Å²) in [7, 11) is 0. The van der Waals surface area contributed by atoms with Crippen molar-refractivity contribution in [3.63, 3.8) is 0 Å². The second-order valence-electron chi connectivity index (χ2n) is 5.54. The van der Waals surface area contributed by atoms with E-state index < -0.39 is 11.7 Å². The van der Waals surface area contributed by atoms with Gasteiger partial charge in [0.2, 0.25) is 0 Å². The summed E-state index contributed by atoms with van der Waals surface area (Å²) in [5.74, 6) is 0. The molecule has 3 N–H and O–H groups in total. The number of rotatable bonds is 3. The fourth-order valence-electron chi connectivity index (χ4n) is 1.44. The van der Waals surface area contributed by atoms with E-state index in [0.717, 1.165) is 12.1 Å². The zero-order valence-corrected chi connectivity index (χ0v) is 11.9. The minimum absolute atomic E-state index is 0.00378. The topological polar surface area (TPSA) is 38.0 Å². The van der Waals surface area contributed by atoms with Crippen LogP contribution in [0.15, 0.2) is 18.2 Å². The predicted octanol–water partition coefficient (Wildman–Crippen LogP) is 3.80. The molecular weight excluding hydrogens is 273 g/mol. The van der Waals surface area contributed by atoms with Crippen molar-refractivity contribution in [3.8, 4) is 0 Å². The van der Waals surface area contributed by atoms with Gasteiger partial charge in [-0.1, -0.05) is 33.0 Å². The van der Waals surface area contributed by atoms with Crippen LogP contribution in [-0.2, 0) is 6.18 Å². The number of nitrogens with one attached hydrogen (secondary N) is 1. The van der Waals surface area contributed by atoms with Crippen molar-refractivity contribution in [1.29, 1.82) is 0 Å². The van der Waals surface area contributed by atoms with Gasteiger partial charge >= 0.3 is 6.18 Å². The first-order valence-electron chi connectivity index (χ1n) is 5.75. The summed E-state index contributed by atoms with van der Waals surface area (Å²) in [4.78, 5) is -0.0532. The van der Waals surface area contributed by atoms with Crippen molar-refractivity contribution in [2.75, 3.05) is 11.9 Å². The third-order valence-electron chi connectivity index (χ3n) is 2.42. The average Bonchev–Trinajstić information content (AvgIpc) is 2.23. The van der Waals surface area contributed by atoms with Gasteiger partial charge in [0.25, 0.3) is 0 Å². The van der Waals surface area contributed by atoms with Crippen molar-refractivity contribution < 1.29 is 13.2 Å². The zero-order chi connectivity index (χ0) is 14.8. The molecule has 0 heterocycles. The standard InChI is InChI=1S/C13H17F3N2S/c1-12(2,3)7-18-10-5-4-8(13(14,15)16)6-9(10)11(17)19/h4-6,18H,7H2,1-3H3,(H2,17,19). The molecule has 0 fully saturated rings. The highest BCUT2D eigenvalue weighted by Crippen LogP contribution is 2.32. The van der Waals surface area contributed by atoms with Crippen molar-refractivity contribution >= 4 is 22.9 Å². The maximum atomic E-state index is 12.6. The summed E-state index contributed by atoms with van der Waals surface area (Å²) >= 11 is 4.81. The first kappa shape index (κ1) is 15.8. The molecule has 1 aromatic carbocycles. The van der Waals surface area contributed by atoms with Gasteiger partial charge in [0.15, 0.2) is 0 Å². The second-order valence-corrected chi connectivity index (χ2v) is 5.98. The normalized spacial score (nSPS) is 12.3.